The number of nitrogens with zero attached hydrogens (tertiary/aromatic N) is 1. The number of hydrogen-bond donors (Lipinski definition) is 1. The molecule has 1 fully saturated rings. The fourth-order valence-corrected chi connectivity index (χ4v) is 3.08. The van der Waals surface area contributed by atoms with Crippen molar-refractivity contribution in [3.63, 3.8) is 0 Å². The number of aromatic carboxylic acids is 1. The highest BCUT2D eigenvalue weighted by Crippen LogP contribution is 2.45. The van der Waals surface area contributed by atoms with Crippen LogP contribution in [0.25, 0.3) is 11.0 Å². The molecule has 26 heavy (non-hydrogen) atoms. The minimum Gasteiger partial charge on any atom is -0.478 e. The predicted molar refractivity (Wildman–Crippen MR) is 88.6 cm³/mol. The first kappa shape index (κ1) is 16.5. The molecule has 0 amide bonds. The number of rotatable bonds is 5. The highest BCUT2D eigenvalue weighted by Gasteiger charge is 2.41. The maximum absolute atomic E-state index is 14.8. The van der Waals surface area contributed by atoms with E-state index < -0.39 is 12.1 Å². The second-order valence-electron chi connectivity index (χ2n) is 6.33. The Hall–Kier alpha value is -2.96. The van der Waals surface area contributed by atoms with Crippen LogP contribution in [-0.2, 0) is 6.11 Å². The molecule has 1 saturated carbocycles. The number of aromatic nitrogens is 1. The Labute approximate surface area is 147 Å². The van der Waals surface area contributed by atoms with Gasteiger partial charge in [0, 0.05) is 17.5 Å². The third kappa shape index (κ3) is 2.79. The lowest BCUT2D eigenvalue weighted by Gasteiger charge is -2.20. The fraction of sp³-hybridized carbons (Fsp3) is 0.263. The third-order valence-corrected chi connectivity index (χ3v) is 4.41. The van der Waals surface area contributed by atoms with E-state index >= 15 is 0 Å². The number of pyridine rings is 1. The van der Waals surface area contributed by atoms with Gasteiger partial charge < -0.3 is 14.3 Å². The molecule has 2 aromatic heterocycles. The molecule has 1 aliphatic carbocycles. The molecule has 1 aromatic carbocycles. The highest BCUT2D eigenvalue weighted by atomic mass is 19.3. The van der Waals surface area contributed by atoms with Crippen molar-refractivity contribution in [1.29, 1.82) is 0 Å². The molecule has 1 N–H and O–H groups in total. The van der Waals surface area contributed by atoms with Gasteiger partial charge in [-0.05, 0) is 50.1 Å². The van der Waals surface area contributed by atoms with Crippen LogP contribution in [0.4, 0.5) is 8.78 Å². The first-order chi connectivity index (χ1) is 12.4. The quantitative estimate of drug-likeness (QED) is 0.706. The lowest BCUT2D eigenvalue weighted by molar-refractivity contribution is -0.186. The molecule has 0 bridgehead atoms. The van der Waals surface area contributed by atoms with Crippen molar-refractivity contribution in [1.82, 2.24) is 4.98 Å². The summed E-state index contributed by atoms with van der Waals surface area (Å²) in [5.74, 6) is -1.08. The van der Waals surface area contributed by atoms with E-state index in [-0.39, 0.29) is 33.9 Å². The van der Waals surface area contributed by atoms with Gasteiger partial charge in [-0.25, -0.2) is 4.79 Å². The summed E-state index contributed by atoms with van der Waals surface area (Å²) in [6.45, 7) is 1.51. The third-order valence-electron chi connectivity index (χ3n) is 4.41. The molecular weight excluding hydrogens is 344 g/mol. The van der Waals surface area contributed by atoms with Gasteiger partial charge in [0.2, 0.25) is 0 Å². The number of benzene rings is 1. The molecule has 4 rings (SSSR count). The number of carboxylic acids is 1. The maximum atomic E-state index is 14.8. The number of alkyl halides is 2. The second-order valence-corrected chi connectivity index (χ2v) is 6.33. The van der Waals surface area contributed by atoms with Crippen LogP contribution in [-0.4, -0.2) is 16.1 Å². The van der Waals surface area contributed by atoms with Gasteiger partial charge in [0.15, 0.2) is 0 Å². The van der Waals surface area contributed by atoms with E-state index in [0.717, 1.165) is 12.8 Å². The van der Waals surface area contributed by atoms with Gasteiger partial charge in [-0.3, -0.25) is 4.98 Å². The van der Waals surface area contributed by atoms with Gasteiger partial charge in [0.1, 0.15) is 22.7 Å². The van der Waals surface area contributed by atoms with Crippen LogP contribution < -0.4 is 4.74 Å². The number of aryl methyl sites for hydroxylation is 1. The van der Waals surface area contributed by atoms with E-state index in [0.29, 0.717) is 11.3 Å². The maximum Gasteiger partial charge on any atom is 0.428 e. The van der Waals surface area contributed by atoms with Gasteiger partial charge in [0.05, 0.1) is 11.3 Å². The zero-order chi connectivity index (χ0) is 18.5. The van der Waals surface area contributed by atoms with Crippen LogP contribution in [0, 0.1) is 6.92 Å². The van der Waals surface area contributed by atoms with Crippen molar-refractivity contribution in [3.8, 4) is 5.75 Å². The van der Waals surface area contributed by atoms with Crippen LogP contribution in [0.3, 0.4) is 0 Å². The molecule has 1 aliphatic rings. The van der Waals surface area contributed by atoms with E-state index in [9.17, 15) is 18.7 Å². The van der Waals surface area contributed by atoms with Crippen molar-refractivity contribution in [2.45, 2.75) is 31.8 Å². The van der Waals surface area contributed by atoms with Crippen molar-refractivity contribution < 1.29 is 27.8 Å². The van der Waals surface area contributed by atoms with E-state index in [1.165, 1.54) is 43.5 Å². The number of hydrogen-bond acceptors (Lipinski definition) is 4. The molecule has 2 heterocycles. The number of halogens is 2. The molecule has 5 nitrogen and oxygen atoms in total. The zero-order valence-corrected chi connectivity index (χ0v) is 13.8. The lowest BCUT2D eigenvalue weighted by atomic mass is 10.1. The number of ether oxygens (including phenoxy) is 1. The van der Waals surface area contributed by atoms with Crippen LogP contribution >= 0.6 is 0 Å². The predicted octanol–water partition coefficient (Wildman–Crippen LogP) is 4.84. The average Bonchev–Trinajstić information content (AvgIpc) is 3.37. The molecule has 3 aromatic rings. The van der Waals surface area contributed by atoms with E-state index in [2.05, 4.69) is 4.98 Å². The van der Waals surface area contributed by atoms with Gasteiger partial charge in [-0.1, -0.05) is 0 Å². The smallest absolute Gasteiger partial charge is 0.428 e. The molecule has 7 heteroatoms. The summed E-state index contributed by atoms with van der Waals surface area (Å²) in [6.07, 6.45) is -0.417. The van der Waals surface area contributed by atoms with Gasteiger partial charge in [-0.15, -0.1) is 0 Å². The van der Waals surface area contributed by atoms with Crippen LogP contribution in [0.1, 0.15) is 46.1 Å². The first-order valence-corrected chi connectivity index (χ1v) is 8.15. The standard InChI is InChI=1S/C19H15F2NO4/c1-10-16(18(23)24)13-9-12(6-7-15(13)25-10)26-19(20,21)14-3-2-8-22-17(14)11-4-5-11/h2-3,6-9,11H,4-5H2,1H3,(H,23,24). The average molecular weight is 359 g/mol. The summed E-state index contributed by atoms with van der Waals surface area (Å²) in [5.41, 5.74) is 0.331. The minimum absolute atomic E-state index is 0.0401. The lowest BCUT2D eigenvalue weighted by Crippen LogP contribution is -2.24. The van der Waals surface area contributed by atoms with Crippen LogP contribution in [0.5, 0.6) is 5.75 Å². The summed E-state index contributed by atoms with van der Waals surface area (Å²) < 4.78 is 39.8. The topological polar surface area (TPSA) is 72.6 Å². The van der Waals surface area contributed by atoms with E-state index in [1.54, 1.807) is 0 Å². The number of fused-ring (bicyclic) bond motifs is 1. The summed E-state index contributed by atoms with van der Waals surface area (Å²) in [7, 11) is 0. The Balaban J connectivity index is 1.72. The van der Waals surface area contributed by atoms with Crippen LogP contribution in [0.15, 0.2) is 40.9 Å². The second kappa shape index (κ2) is 5.79. The summed E-state index contributed by atoms with van der Waals surface area (Å²) >= 11 is 0. The highest BCUT2D eigenvalue weighted by molar-refractivity contribution is 6.03. The molecule has 134 valence electrons. The molecule has 0 spiro atoms. The largest absolute Gasteiger partial charge is 0.478 e. The first-order valence-electron chi connectivity index (χ1n) is 8.15. The van der Waals surface area contributed by atoms with Crippen molar-refractivity contribution >= 4 is 16.9 Å². The zero-order valence-electron chi connectivity index (χ0n) is 13.8. The van der Waals surface area contributed by atoms with E-state index in [1.807, 2.05) is 0 Å². The van der Waals surface area contributed by atoms with Gasteiger partial charge in [-0.2, -0.15) is 8.78 Å². The van der Waals surface area contributed by atoms with Crippen LogP contribution in [0.2, 0.25) is 0 Å². The molecule has 0 saturated heterocycles. The molecule has 0 unspecified atom stereocenters. The Kier molecular flexibility index (Phi) is 3.68. The van der Waals surface area contributed by atoms with Crippen molar-refractivity contribution in [2.24, 2.45) is 0 Å². The summed E-state index contributed by atoms with van der Waals surface area (Å²) in [4.78, 5) is 15.5. The van der Waals surface area contributed by atoms with Gasteiger partial charge >= 0.3 is 12.1 Å². The Morgan fingerprint density at radius 3 is 2.81 bits per heavy atom. The summed E-state index contributed by atoms with van der Waals surface area (Å²) in [6, 6.07) is 6.77. The number of carbonyl (C=O) groups is 1. The van der Waals surface area contributed by atoms with Gasteiger partial charge in [0.25, 0.3) is 0 Å². The molecule has 0 radical (unpaired) electrons. The number of carboxylic acid groups (broad SMARTS) is 1. The Bertz CT molecular complexity index is 1010. The Morgan fingerprint density at radius 1 is 1.35 bits per heavy atom. The number of furan rings is 1. The van der Waals surface area contributed by atoms with E-state index in [4.69, 9.17) is 9.15 Å². The Morgan fingerprint density at radius 2 is 2.12 bits per heavy atom. The van der Waals surface area contributed by atoms with Crippen molar-refractivity contribution in [3.05, 3.63) is 59.1 Å². The minimum atomic E-state index is -3.58. The molecular formula is C19H15F2NO4. The molecule has 0 atom stereocenters. The van der Waals surface area contributed by atoms with Crippen molar-refractivity contribution in [2.75, 3.05) is 0 Å². The monoisotopic (exact) mass is 359 g/mol. The normalized spacial score (nSPS) is 14.6. The summed E-state index contributed by atoms with van der Waals surface area (Å²) in [5, 5.41) is 9.52. The molecule has 0 aliphatic heterocycles. The SMILES string of the molecule is Cc1oc2ccc(OC(F)(F)c3cccnc3C3CC3)cc2c1C(=O)O. The fourth-order valence-electron chi connectivity index (χ4n) is 3.08.